The number of hydrogen-bond acceptors (Lipinski definition) is 5. The summed E-state index contributed by atoms with van der Waals surface area (Å²) in [5.74, 6) is 0. The minimum Gasteiger partial charge on any atom is -0.445 e. The Balaban J connectivity index is 1.36. The van der Waals surface area contributed by atoms with Gasteiger partial charge in [0.05, 0.1) is 19.2 Å². The zero-order chi connectivity index (χ0) is 19.6. The van der Waals surface area contributed by atoms with E-state index in [1.165, 1.54) is 0 Å². The van der Waals surface area contributed by atoms with Gasteiger partial charge >= 0.3 is 12.2 Å². The minimum absolute atomic E-state index is 0.176. The average molecular weight is 384 g/mol. The van der Waals surface area contributed by atoms with Crippen molar-refractivity contribution in [3.8, 4) is 0 Å². The summed E-state index contributed by atoms with van der Waals surface area (Å²) in [7, 11) is 0. The molecule has 2 aromatic rings. The number of amides is 2. The van der Waals surface area contributed by atoms with E-state index < -0.39 is 18.3 Å². The van der Waals surface area contributed by atoms with Crippen LogP contribution in [0.4, 0.5) is 9.59 Å². The van der Waals surface area contributed by atoms with Gasteiger partial charge in [-0.15, -0.1) is 0 Å². The molecule has 2 amide bonds. The lowest BCUT2D eigenvalue weighted by Crippen LogP contribution is -2.41. The molecule has 2 atom stereocenters. The monoisotopic (exact) mass is 384 g/mol. The number of cyclic esters (lactones) is 1. The van der Waals surface area contributed by atoms with Crippen molar-refractivity contribution in [3.05, 3.63) is 71.8 Å². The third kappa shape index (κ3) is 6.28. The van der Waals surface area contributed by atoms with Crippen LogP contribution in [0.2, 0.25) is 0 Å². The van der Waals surface area contributed by atoms with Gasteiger partial charge < -0.3 is 24.8 Å². The molecule has 28 heavy (non-hydrogen) atoms. The standard InChI is InChI=1S/C21H24N2O5/c24-20(27-15-17-9-5-2-6-10-17)22-13-19-18(23-21(25)28-19)11-12-26-14-16-7-3-1-4-8-16/h1-10,18-19H,11-15H2,(H,22,24)(H,23,25). The molecule has 2 unspecified atom stereocenters. The number of nitrogens with one attached hydrogen (secondary N) is 2. The number of benzene rings is 2. The largest absolute Gasteiger partial charge is 0.445 e. The molecule has 0 saturated carbocycles. The van der Waals surface area contributed by atoms with E-state index in [9.17, 15) is 9.59 Å². The number of carbonyl (C=O) groups is 2. The zero-order valence-corrected chi connectivity index (χ0v) is 15.5. The van der Waals surface area contributed by atoms with Crippen LogP contribution < -0.4 is 10.6 Å². The summed E-state index contributed by atoms with van der Waals surface area (Å²) in [5.41, 5.74) is 1.99. The number of ether oxygens (including phenoxy) is 3. The second-order valence-electron chi connectivity index (χ2n) is 6.46. The summed E-state index contributed by atoms with van der Waals surface area (Å²) < 4.78 is 16.0. The fourth-order valence-electron chi connectivity index (χ4n) is 2.87. The summed E-state index contributed by atoms with van der Waals surface area (Å²) in [6.07, 6.45) is -0.912. The lowest BCUT2D eigenvalue weighted by molar-refractivity contribution is 0.0920. The Hall–Kier alpha value is -3.06. The fraction of sp³-hybridized carbons (Fsp3) is 0.333. The maximum absolute atomic E-state index is 11.9. The van der Waals surface area contributed by atoms with Crippen molar-refractivity contribution in [2.45, 2.75) is 31.8 Å². The smallest absolute Gasteiger partial charge is 0.407 e. The Labute approximate surface area is 164 Å². The summed E-state index contributed by atoms with van der Waals surface area (Å²) in [4.78, 5) is 23.4. The lowest BCUT2D eigenvalue weighted by Gasteiger charge is -2.17. The zero-order valence-electron chi connectivity index (χ0n) is 15.5. The van der Waals surface area contributed by atoms with Crippen LogP contribution in [-0.2, 0) is 27.4 Å². The molecule has 3 rings (SSSR count). The number of hydrogen-bond donors (Lipinski definition) is 2. The Morgan fingerprint density at radius 1 is 1.00 bits per heavy atom. The Kier molecular flexibility index (Phi) is 7.26. The minimum atomic E-state index is -0.550. The Morgan fingerprint density at radius 3 is 2.32 bits per heavy atom. The molecule has 0 bridgehead atoms. The maximum Gasteiger partial charge on any atom is 0.407 e. The molecule has 2 aromatic carbocycles. The predicted octanol–water partition coefficient (Wildman–Crippen LogP) is 3.00. The van der Waals surface area contributed by atoms with E-state index in [-0.39, 0.29) is 19.2 Å². The normalized spacial score (nSPS) is 18.2. The average Bonchev–Trinajstić information content (AvgIpc) is 3.09. The van der Waals surface area contributed by atoms with E-state index >= 15 is 0 Å². The van der Waals surface area contributed by atoms with E-state index in [0.717, 1.165) is 11.1 Å². The third-order valence-electron chi connectivity index (χ3n) is 4.36. The van der Waals surface area contributed by atoms with Gasteiger partial charge in [-0.2, -0.15) is 0 Å². The summed E-state index contributed by atoms with van der Waals surface area (Å²) in [5, 5.41) is 5.39. The van der Waals surface area contributed by atoms with Crippen LogP contribution in [0.1, 0.15) is 17.5 Å². The highest BCUT2D eigenvalue weighted by Gasteiger charge is 2.33. The first kappa shape index (κ1) is 19.7. The van der Waals surface area contributed by atoms with Crippen molar-refractivity contribution < 1.29 is 23.8 Å². The molecule has 0 radical (unpaired) electrons. The summed E-state index contributed by atoms with van der Waals surface area (Å²) in [6.45, 7) is 1.34. The number of rotatable bonds is 9. The molecule has 7 heteroatoms. The number of carbonyl (C=O) groups excluding carboxylic acids is 2. The van der Waals surface area contributed by atoms with Gasteiger partial charge in [-0.3, -0.25) is 0 Å². The van der Waals surface area contributed by atoms with Gasteiger partial charge in [0.2, 0.25) is 0 Å². The molecule has 1 fully saturated rings. The molecule has 0 aromatic heterocycles. The lowest BCUT2D eigenvalue weighted by atomic mass is 10.1. The van der Waals surface area contributed by atoms with Gasteiger partial charge in [-0.25, -0.2) is 9.59 Å². The second-order valence-corrected chi connectivity index (χ2v) is 6.46. The van der Waals surface area contributed by atoms with Gasteiger partial charge in [-0.1, -0.05) is 60.7 Å². The van der Waals surface area contributed by atoms with Crippen molar-refractivity contribution in [2.24, 2.45) is 0 Å². The van der Waals surface area contributed by atoms with Crippen LogP contribution in [-0.4, -0.2) is 37.5 Å². The molecule has 2 N–H and O–H groups in total. The first-order valence-corrected chi connectivity index (χ1v) is 9.24. The van der Waals surface area contributed by atoms with Gasteiger partial charge in [0.1, 0.15) is 12.7 Å². The van der Waals surface area contributed by atoms with Crippen molar-refractivity contribution in [2.75, 3.05) is 13.2 Å². The van der Waals surface area contributed by atoms with Gasteiger partial charge in [0, 0.05) is 6.61 Å². The first-order chi connectivity index (χ1) is 13.7. The van der Waals surface area contributed by atoms with Crippen molar-refractivity contribution in [1.29, 1.82) is 0 Å². The highest BCUT2D eigenvalue weighted by Crippen LogP contribution is 2.12. The second kappa shape index (κ2) is 10.3. The Morgan fingerprint density at radius 2 is 1.64 bits per heavy atom. The van der Waals surface area contributed by atoms with Crippen molar-refractivity contribution >= 4 is 12.2 Å². The predicted molar refractivity (Wildman–Crippen MR) is 103 cm³/mol. The van der Waals surface area contributed by atoms with Gasteiger partial charge in [0.25, 0.3) is 0 Å². The molecule has 1 saturated heterocycles. The quantitative estimate of drug-likeness (QED) is 0.649. The van der Waals surface area contributed by atoms with Crippen LogP contribution in [0.5, 0.6) is 0 Å². The van der Waals surface area contributed by atoms with E-state index in [1.54, 1.807) is 0 Å². The molecule has 1 heterocycles. The highest BCUT2D eigenvalue weighted by molar-refractivity contribution is 5.71. The van der Waals surface area contributed by atoms with Crippen LogP contribution in [0.3, 0.4) is 0 Å². The van der Waals surface area contributed by atoms with Crippen LogP contribution in [0, 0.1) is 0 Å². The third-order valence-corrected chi connectivity index (χ3v) is 4.36. The van der Waals surface area contributed by atoms with Crippen molar-refractivity contribution in [3.63, 3.8) is 0 Å². The van der Waals surface area contributed by atoms with E-state index in [1.807, 2.05) is 60.7 Å². The molecule has 148 valence electrons. The van der Waals surface area contributed by atoms with E-state index in [2.05, 4.69) is 10.6 Å². The highest BCUT2D eigenvalue weighted by atomic mass is 16.6. The van der Waals surface area contributed by atoms with Crippen LogP contribution >= 0.6 is 0 Å². The summed E-state index contributed by atoms with van der Waals surface area (Å²) in [6, 6.07) is 19.1. The van der Waals surface area contributed by atoms with Crippen LogP contribution in [0.25, 0.3) is 0 Å². The number of alkyl carbamates (subject to hydrolysis) is 2. The molecule has 1 aliphatic heterocycles. The Bertz CT molecular complexity index is 754. The molecule has 0 spiro atoms. The molecule has 0 aliphatic carbocycles. The van der Waals surface area contributed by atoms with E-state index in [4.69, 9.17) is 14.2 Å². The SMILES string of the molecule is O=C(NCC1OC(=O)NC1CCOCc1ccccc1)OCc1ccccc1. The maximum atomic E-state index is 11.9. The molecular formula is C21H24N2O5. The molecular weight excluding hydrogens is 360 g/mol. The topological polar surface area (TPSA) is 85.9 Å². The fourth-order valence-corrected chi connectivity index (χ4v) is 2.87. The molecule has 7 nitrogen and oxygen atoms in total. The summed E-state index contributed by atoms with van der Waals surface area (Å²) >= 11 is 0. The first-order valence-electron chi connectivity index (χ1n) is 9.24. The van der Waals surface area contributed by atoms with Crippen molar-refractivity contribution in [1.82, 2.24) is 10.6 Å². The van der Waals surface area contributed by atoms with E-state index in [0.29, 0.717) is 19.6 Å². The van der Waals surface area contributed by atoms with Gasteiger partial charge in [0.15, 0.2) is 0 Å². The molecule has 1 aliphatic rings. The van der Waals surface area contributed by atoms with Gasteiger partial charge in [-0.05, 0) is 17.5 Å². The van der Waals surface area contributed by atoms with Crippen LogP contribution in [0.15, 0.2) is 60.7 Å².